The summed E-state index contributed by atoms with van der Waals surface area (Å²) in [6.07, 6.45) is 4.68. The van der Waals surface area contributed by atoms with E-state index in [1.165, 1.54) is 0 Å². The maximum absolute atomic E-state index is 13.0. The Balaban J connectivity index is 1.12. The zero-order chi connectivity index (χ0) is 27.0. The van der Waals surface area contributed by atoms with Crippen molar-refractivity contribution in [2.45, 2.75) is 31.0 Å². The van der Waals surface area contributed by atoms with E-state index in [1.54, 1.807) is 29.2 Å². The summed E-state index contributed by atoms with van der Waals surface area (Å²) in [6.45, 7) is 3.67. The van der Waals surface area contributed by atoms with Gasteiger partial charge in [-0.2, -0.15) is 0 Å². The Bertz CT molecular complexity index is 1400. The second kappa shape index (κ2) is 12.9. The third-order valence-electron chi connectivity index (χ3n) is 6.64. The molecule has 0 radical (unpaired) electrons. The maximum atomic E-state index is 13.0. The third-order valence-corrected chi connectivity index (χ3v) is 8.52. The smallest absolute Gasteiger partial charge is 0.246 e. The van der Waals surface area contributed by atoms with Crippen LogP contribution in [0.4, 0.5) is 0 Å². The average Bonchev–Trinajstić information content (AvgIpc) is 3.65. The zero-order valence-electron chi connectivity index (χ0n) is 21.8. The second-order valence-corrected chi connectivity index (χ2v) is 11.4. The predicted octanol–water partition coefficient (Wildman–Crippen LogP) is 5.64. The van der Waals surface area contributed by atoms with Crippen LogP contribution in [0.25, 0.3) is 22.5 Å². The molecule has 4 aromatic rings. The molecule has 2 amide bonds. The predicted molar refractivity (Wildman–Crippen MR) is 158 cm³/mol. The number of hydrogen-bond donors (Lipinski definition) is 0. The van der Waals surface area contributed by atoms with Gasteiger partial charge in [0.1, 0.15) is 0 Å². The number of nitrogens with zero attached hydrogens (tertiary/aromatic N) is 5. The normalized spacial score (nSPS) is 15.7. The number of thiophene rings is 1. The summed E-state index contributed by atoms with van der Waals surface area (Å²) in [5.74, 6) is 1.71. The van der Waals surface area contributed by atoms with Crippen molar-refractivity contribution in [3.05, 3.63) is 89.8 Å². The van der Waals surface area contributed by atoms with Crippen molar-refractivity contribution in [2.75, 3.05) is 25.4 Å². The van der Waals surface area contributed by atoms with E-state index < -0.39 is 0 Å². The molecule has 1 saturated heterocycles. The van der Waals surface area contributed by atoms with Gasteiger partial charge in [-0.15, -0.1) is 21.5 Å². The summed E-state index contributed by atoms with van der Waals surface area (Å²) in [7, 11) is 0. The van der Waals surface area contributed by atoms with Crippen molar-refractivity contribution in [1.29, 1.82) is 0 Å². The van der Waals surface area contributed by atoms with Gasteiger partial charge in [-0.05, 0) is 48.6 Å². The number of rotatable bonds is 9. The summed E-state index contributed by atoms with van der Waals surface area (Å²) in [5.41, 5.74) is 2.01. The van der Waals surface area contributed by atoms with Crippen LogP contribution in [0.3, 0.4) is 0 Å². The zero-order valence-corrected chi connectivity index (χ0v) is 23.5. The monoisotopic (exact) mass is 557 g/mol. The molecule has 2 aromatic carbocycles. The van der Waals surface area contributed by atoms with E-state index in [2.05, 4.69) is 33.0 Å². The Kier molecular flexibility index (Phi) is 8.90. The van der Waals surface area contributed by atoms with E-state index in [0.717, 1.165) is 39.3 Å². The van der Waals surface area contributed by atoms with Crippen LogP contribution in [0.15, 0.2) is 89.4 Å². The first-order valence-electron chi connectivity index (χ1n) is 13.1. The number of hydrogen-bond acceptors (Lipinski definition) is 6. The molecule has 7 nitrogen and oxygen atoms in total. The molecule has 1 atom stereocenters. The topological polar surface area (TPSA) is 71.3 Å². The lowest BCUT2D eigenvalue weighted by molar-refractivity contribution is -0.139. The Morgan fingerprint density at radius 3 is 2.49 bits per heavy atom. The first-order chi connectivity index (χ1) is 19.1. The average molecular weight is 558 g/mol. The lowest BCUT2D eigenvalue weighted by Crippen LogP contribution is -2.55. The highest BCUT2D eigenvalue weighted by Crippen LogP contribution is 2.30. The number of aromatic nitrogens is 3. The van der Waals surface area contributed by atoms with Gasteiger partial charge in [-0.25, -0.2) is 0 Å². The number of thioether (sulfide) groups is 1. The van der Waals surface area contributed by atoms with Gasteiger partial charge in [0.25, 0.3) is 0 Å². The van der Waals surface area contributed by atoms with Crippen LogP contribution in [-0.2, 0) is 9.59 Å². The van der Waals surface area contributed by atoms with E-state index in [0.29, 0.717) is 26.1 Å². The van der Waals surface area contributed by atoms with Crippen molar-refractivity contribution < 1.29 is 9.59 Å². The van der Waals surface area contributed by atoms with Crippen molar-refractivity contribution in [3.8, 4) is 16.4 Å². The molecule has 1 aliphatic rings. The summed E-state index contributed by atoms with van der Waals surface area (Å²) >= 11 is 3.26. The SMILES string of the molecule is CC1CN(C(=O)CCCSc2nnc(-c3cccs3)n2-c2ccccc2)CCN1C(=O)/C=C/c1ccccc1. The van der Waals surface area contributed by atoms with Crippen LogP contribution in [0, 0.1) is 0 Å². The molecule has 0 aliphatic carbocycles. The van der Waals surface area contributed by atoms with Crippen LogP contribution >= 0.6 is 23.1 Å². The number of carbonyl (C=O) groups is 2. The van der Waals surface area contributed by atoms with Gasteiger partial charge in [0.15, 0.2) is 11.0 Å². The van der Waals surface area contributed by atoms with Crippen molar-refractivity contribution in [1.82, 2.24) is 24.6 Å². The molecule has 2 aromatic heterocycles. The summed E-state index contributed by atoms with van der Waals surface area (Å²) < 4.78 is 2.09. The number of amides is 2. The molecule has 39 heavy (non-hydrogen) atoms. The van der Waals surface area contributed by atoms with E-state index in [-0.39, 0.29) is 17.9 Å². The summed E-state index contributed by atoms with van der Waals surface area (Å²) in [4.78, 5) is 30.5. The second-order valence-electron chi connectivity index (χ2n) is 9.37. The Labute approximate surface area is 237 Å². The Morgan fingerprint density at radius 2 is 1.77 bits per heavy atom. The molecule has 1 unspecified atom stereocenters. The maximum Gasteiger partial charge on any atom is 0.246 e. The molecule has 3 heterocycles. The number of benzene rings is 2. The molecule has 0 N–H and O–H groups in total. The summed E-state index contributed by atoms with van der Waals surface area (Å²) in [6, 6.07) is 24.0. The fourth-order valence-corrected chi connectivity index (χ4v) is 6.21. The minimum atomic E-state index is -0.0231. The van der Waals surface area contributed by atoms with Gasteiger partial charge in [-0.3, -0.25) is 14.2 Å². The van der Waals surface area contributed by atoms with Gasteiger partial charge in [0.2, 0.25) is 11.8 Å². The number of piperazine rings is 1. The molecule has 9 heteroatoms. The fourth-order valence-electron chi connectivity index (χ4n) is 4.62. The van der Waals surface area contributed by atoms with Crippen LogP contribution < -0.4 is 0 Å². The van der Waals surface area contributed by atoms with Gasteiger partial charge >= 0.3 is 0 Å². The summed E-state index contributed by atoms with van der Waals surface area (Å²) in [5, 5.41) is 11.8. The quantitative estimate of drug-likeness (QED) is 0.151. The van der Waals surface area contributed by atoms with Gasteiger partial charge in [0.05, 0.1) is 4.88 Å². The lowest BCUT2D eigenvalue weighted by Gasteiger charge is -2.39. The third kappa shape index (κ3) is 6.66. The minimum absolute atomic E-state index is 0.0145. The van der Waals surface area contributed by atoms with Crippen LogP contribution in [0.1, 0.15) is 25.3 Å². The molecular weight excluding hydrogens is 526 g/mol. The lowest BCUT2D eigenvalue weighted by atomic mass is 10.1. The van der Waals surface area contributed by atoms with E-state index in [9.17, 15) is 9.59 Å². The molecule has 0 saturated carbocycles. The fraction of sp³-hybridized carbons (Fsp3) is 0.267. The first-order valence-corrected chi connectivity index (χ1v) is 15.0. The minimum Gasteiger partial charge on any atom is -0.339 e. The number of carbonyl (C=O) groups excluding carboxylic acids is 2. The van der Waals surface area contributed by atoms with E-state index >= 15 is 0 Å². The van der Waals surface area contributed by atoms with Gasteiger partial charge in [-0.1, -0.05) is 66.4 Å². The molecule has 0 spiro atoms. The molecule has 5 rings (SSSR count). The molecule has 1 aliphatic heterocycles. The van der Waals surface area contributed by atoms with Crippen molar-refractivity contribution in [2.24, 2.45) is 0 Å². The van der Waals surface area contributed by atoms with Crippen LogP contribution in [0.2, 0.25) is 0 Å². The van der Waals surface area contributed by atoms with Crippen molar-refractivity contribution >= 4 is 41.0 Å². The first kappa shape index (κ1) is 26.9. The van der Waals surface area contributed by atoms with Gasteiger partial charge in [0, 0.05) is 49.6 Å². The van der Waals surface area contributed by atoms with Gasteiger partial charge < -0.3 is 9.80 Å². The van der Waals surface area contributed by atoms with Crippen molar-refractivity contribution in [3.63, 3.8) is 0 Å². The molecule has 1 fully saturated rings. The van der Waals surface area contributed by atoms with E-state index in [1.807, 2.05) is 82.8 Å². The largest absolute Gasteiger partial charge is 0.339 e. The Morgan fingerprint density at radius 1 is 1.00 bits per heavy atom. The van der Waals surface area contributed by atoms with Crippen LogP contribution in [-0.4, -0.2) is 67.8 Å². The highest BCUT2D eigenvalue weighted by atomic mass is 32.2. The molecule has 200 valence electrons. The van der Waals surface area contributed by atoms with Crippen LogP contribution in [0.5, 0.6) is 0 Å². The Hall–Kier alpha value is -3.69. The molecular formula is C30H31N5O2S2. The number of para-hydroxylation sites is 1. The highest BCUT2D eigenvalue weighted by molar-refractivity contribution is 7.99. The van der Waals surface area contributed by atoms with E-state index in [4.69, 9.17) is 0 Å². The molecule has 0 bridgehead atoms. The standard InChI is InChI=1S/C30H31N5O2S2/c1-23-22-33(18-19-34(23)28(37)17-16-24-10-4-2-5-11-24)27(36)15-9-21-39-30-32-31-29(26-14-8-20-38-26)35(30)25-12-6-3-7-13-25/h2-8,10-14,16-17,20,23H,9,15,18-19,21-22H2,1H3/b17-16+. The highest BCUT2D eigenvalue weighted by Gasteiger charge is 2.28.